The van der Waals surface area contributed by atoms with Gasteiger partial charge in [-0.3, -0.25) is 9.36 Å². The SMILES string of the molecule is CN1CCC23c4c5c(CCC(=O)OC(C)(C)C)cc(O)c4O[C@H]2[C@@H](OP(C)(C)=O)C=CC3[C@H]1C5. The number of piperidine rings is 1. The molecule has 1 fully saturated rings. The number of rotatable bonds is 5. The monoisotopic (exact) mass is 489 g/mol. The summed E-state index contributed by atoms with van der Waals surface area (Å²) in [6.07, 6.45) is 5.91. The van der Waals surface area contributed by atoms with E-state index >= 15 is 0 Å². The zero-order chi connectivity index (χ0) is 24.6. The third kappa shape index (κ3) is 3.81. The molecule has 34 heavy (non-hydrogen) atoms. The lowest BCUT2D eigenvalue weighted by atomic mass is 9.53. The molecule has 0 radical (unpaired) electrons. The Kier molecular flexibility index (Phi) is 5.51. The maximum absolute atomic E-state index is 12.6. The molecule has 1 N–H and O–H groups in total. The van der Waals surface area contributed by atoms with Gasteiger partial charge in [-0.1, -0.05) is 12.2 Å². The van der Waals surface area contributed by atoms with Crippen LogP contribution in [0.5, 0.6) is 11.5 Å². The number of carbonyl (C=O) groups excluding carboxylic acids is 1. The van der Waals surface area contributed by atoms with Gasteiger partial charge in [0.15, 0.2) is 18.9 Å². The summed E-state index contributed by atoms with van der Waals surface area (Å²) in [4.78, 5) is 14.9. The molecule has 1 aromatic carbocycles. The fourth-order valence-corrected chi connectivity index (χ4v) is 7.38. The minimum atomic E-state index is -2.76. The van der Waals surface area contributed by atoms with E-state index in [9.17, 15) is 14.5 Å². The molecule has 2 bridgehead atoms. The first-order chi connectivity index (χ1) is 15.8. The Labute approximate surface area is 201 Å². The standard InChI is InChI=1S/C26H36NO6P/c1-25(2,3)32-21(29)10-7-15-13-19(28)23-22-16(15)14-18-17-8-9-20(33-34(5,6)30)24(31-23)26(17,22)11-12-27(18)4/h8-9,13,17-18,20,24,28H,7,10-12,14H2,1-6H3/t17?,18-,20+,24+,26?/m1/s1. The van der Waals surface area contributed by atoms with Crippen molar-refractivity contribution in [2.45, 2.75) is 75.7 Å². The van der Waals surface area contributed by atoms with Crippen LogP contribution < -0.4 is 4.74 Å². The quantitative estimate of drug-likeness (QED) is 0.380. The second kappa shape index (κ2) is 7.84. The molecule has 1 aromatic rings. The Hall–Kier alpha value is -1.82. The minimum absolute atomic E-state index is 0.104. The summed E-state index contributed by atoms with van der Waals surface area (Å²) < 4.78 is 30.6. The Morgan fingerprint density at radius 2 is 2.06 bits per heavy atom. The van der Waals surface area contributed by atoms with E-state index in [2.05, 4.69) is 18.0 Å². The molecule has 0 amide bonds. The van der Waals surface area contributed by atoms with Gasteiger partial charge in [-0.2, -0.15) is 0 Å². The van der Waals surface area contributed by atoms with Gasteiger partial charge in [-0.15, -0.1) is 0 Å². The number of hydrogen-bond acceptors (Lipinski definition) is 7. The molecule has 7 nitrogen and oxygen atoms in total. The average molecular weight is 490 g/mol. The summed E-state index contributed by atoms with van der Waals surface area (Å²) >= 11 is 0. The van der Waals surface area contributed by atoms with Crippen LogP contribution in [0.4, 0.5) is 0 Å². The van der Waals surface area contributed by atoms with Gasteiger partial charge in [-0.25, -0.2) is 0 Å². The summed E-state index contributed by atoms with van der Waals surface area (Å²) in [6.45, 7) is 9.77. The van der Waals surface area contributed by atoms with Crippen LogP contribution >= 0.6 is 7.37 Å². The van der Waals surface area contributed by atoms with Gasteiger partial charge < -0.3 is 24.0 Å². The van der Waals surface area contributed by atoms with Crippen molar-refractivity contribution in [2.75, 3.05) is 26.9 Å². The van der Waals surface area contributed by atoms with Crippen LogP contribution in [0.25, 0.3) is 0 Å². The van der Waals surface area contributed by atoms with Crippen LogP contribution in [0.3, 0.4) is 0 Å². The van der Waals surface area contributed by atoms with Gasteiger partial charge in [0.1, 0.15) is 17.8 Å². The number of aryl methyl sites for hydroxylation is 1. The first-order valence-electron chi connectivity index (χ1n) is 12.2. The molecule has 8 heteroatoms. The van der Waals surface area contributed by atoms with E-state index in [1.54, 1.807) is 19.4 Å². The fourth-order valence-electron chi connectivity index (χ4n) is 6.62. The van der Waals surface area contributed by atoms with E-state index < -0.39 is 19.1 Å². The molecule has 186 valence electrons. The number of phenols is 1. The summed E-state index contributed by atoms with van der Waals surface area (Å²) in [6, 6.07) is 2.05. The van der Waals surface area contributed by atoms with Crippen molar-refractivity contribution in [2.24, 2.45) is 5.92 Å². The predicted molar refractivity (Wildman–Crippen MR) is 130 cm³/mol. The topological polar surface area (TPSA) is 85.3 Å². The first kappa shape index (κ1) is 23.9. The van der Waals surface area contributed by atoms with Crippen LogP contribution in [-0.4, -0.2) is 66.7 Å². The van der Waals surface area contributed by atoms with Crippen molar-refractivity contribution in [3.63, 3.8) is 0 Å². The number of nitrogens with zero attached hydrogens (tertiary/aromatic N) is 1. The first-order valence-corrected chi connectivity index (χ1v) is 14.7. The van der Waals surface area contributed by atoms with Crippen molar-refractivity contribution in [1.82, 2.24) is 4.90 Å². The Balaban J connectivity index is 1.57. The van der Waals surface area contributed by atoms with E-state index in [4.69, 9.17) is 14.0 Å². The second-order valence-corrected chi connectivity index (χ2v) is 14.4. The van der Waals surface area contributed by atoms with E-state index in [0.29, 0.717) is 12.2 Å². The number of hydrogen-bond donors (Lipinski definition) is 1. The number of likely N-dealkylation sites (N-methyl/N-ethyl adjacent to an activating group) is 1. The van der Waals surface area contributed by atoms with Gasteiger partial charge in [0, 0.05) is 42.7 Å². The molecule has 0 aromatic heterocycles. The van der Waals surface area contributed by atoms with Crippen molar-refractivity contribution in [1.29, 1.82) is 0 Å². The molecule has 2 aliphatic carbocycles. The number of phenolic OH excluding ortho intramolecular Hbond substituents is 1. The smallest absolute Gasteiger partial charge is 0.306 e. The molecule has 0 saturated carbocycles. The van der Waals surface area contributed by atoms with E-state index in [1.165, 1.54) is 5.56 Å². The highest BCUT2D eigenvalue weighted by Gasteiger charge is 2.65. The zero-order valence-corrected chi connectivity index (χ0v) is 21.9. The molecule has 2 unspecified atom stereocenters. The normalized spacial score (nSPS) is 31.7. The highest BCUT2D eigenvalue weighted by Crippen LogP contribution is 2.64. The van der Waals surface area contributed by atoms with E-state index in [-0.39, 0.29) is 41.6 Å². The molecule has 2 heterocycles. The third-order valence-electron chi connectivity index (χ3n) is 7.75. The van der Waals surface area contributed by atoms with Crippen LogP contribution in [0.1, 0.15) is 50.3 Å². The van der Waals surface area contributed by atoms with Crippen LogP contribution in [0.2, 0.25) is 0 Å². The van der Waals surface area contributed by atoms with Gasteiger partial charge in [0.2, 0.25) is 0 Å². The van der Waals surface area contributed by atoms with E-state index in [0.717, 1.165) is 30.5 Å². The lowest BCUT2D eigenvalue weighted by Gasteiger charge is -2.57. The molecule has 2 aliphatic heterocycles. The molecule has 5 rings (SSSR count). The molecule has 1 spiro atoms. The maximum Gasteiger partial charge on any atom is 0.306 e. The molecule has 4 aliphatic rings. The molecular formula is C26H36NO6P. The highest BCUT2D eigenvalue weighted by atomic mass is 31.2. The number of carbonyl (C=O) groups is 1. The number of aromatic hydroxyl groups is 1. The summed E-state index contributed by atoms with van der Waals surface area (Å²) in [5.41, 5.74) is 2.37. The van der Waals surface area contributed by atoms with Crippen molar-refractivity contribution in [3.05, 3.63) is 34.9 Å². The second-order valence-electron chi connectivity index (χ2n) is 11.6. The van der Waals surface area contributed by atoms with Gasteiger partial charge in [0.25, 0.3) is 0 Å². The predicted octanol–water partition coefficient (Wildman–Crippen LogP) is 4.03. The van der Waals surface area contributed by atoms with Crippen LogP contribution in [-0.2, 0) is 36.9 Å². The average Bonchev–Trinajstić information content (AvgIpc) is 3.05. The molecule has 5 atom stereocenters. The molecule has 1 saturated heterocycles. The van der Waals surface area contributed by atoms with Crippen LogP contribution in [0, 0.1) is 5.92 Å². The Morgan fingerprint density at radius 1 is 1.32 bits per heavy atom. The number of ether oxygens (including phenoxy) is 2. The van der Waals surface area contributed by atoms with Crippen LogP contribution in [0.15, 0.2) is 18.2 Å². The lowest BCUT2D eigenvalue weighted by Crippen LogP contribution is -2.65. The third-order valence-corrected chi connectivity index (χ3v) is 8.50. The summed E-state index contributed by atoms with van der Waals surface area (Å²) in [7, 11) is -0.594. The maximum atomic E-state index is 12.6. The minimum Gasteiger partial charge on any atom is -0.504 e. The highest BCUT2D eigenvalue weighted by molar-refractivity contribution is 7.57. The largest absolute Gasteiger partial charge is 0.504 e. The van der Waals surface area contributed by atoms with E-state index in [1.807, 2.05) is 26.8 Å². The van der Waals surface area contributed by atoms with Crippen molar-refractivity contribution >= 4 is 13.3 Å². The van der Waals surface area contributed by atoms with Gasteiger partial charge in [0.05, 0.1) is 0 Å². The number of benzene rings is 1. The molecular weight excluding hydrogens is 453 g/mol. The number of esters is 1. The zero-order valence-electron chi connectivity index (χ0n) is 21.0. The Morgan fingerprint density at radius 3 is 2.74 bits per heavy atom. The summed E-state index contributed by atoms with van der Waals surface area (Å²) in [5, 5.41) is 11.0. The van der Waals surface area contributed by atoms with Gasteiger partial charge >= 0.3 is 5.97 Å². The fraction of sp³-hybridized carbons (Fsp3) is 0.654. The number of likely N-dealkylation sites (tertiary alicyclic amines) is 1. The van der Waals surface area contributed by atoms with Crippen molar-refractivity contribution < 1.29 is 28.5 Å². The van der Waals surface area contributed by atoms with Crippen molar-refractivity contribution in [3.8, 4) is 11.5 Å². The lowest BCUT2D eigenvalue weighted by molar-refractivity contribution is -0.154. The Bertz CT molecular complexity index is 1100. The summed E-state index contributed by atoms with van der Waals surface area (Å²) in [5.74, 6) is 0.619. The van der Waals surface area contributed by atoms with Gasteiger partial charge in [-0.05, 0) is 70.8 Å².